The Balaban J connectivity index is 1.41. The minimum atomic E-state index is -0.176. The van der Waals surface area contributed by atoms with Crippen LogP contribution in [0.15, 0.2) is 30.3 Å². The smallest absolute Gasteiger partial charge is 0.410 e. The monoisotopic (exact) mass is 345 g/mol. The SMILES string of the molecule is CC1(C)CNCCN1CC1CCN(C(=O)OCc2ccccc2)CC1. The predicted molar refractivity (Wildman–Crippen MR) is 99.4 cm³/mol. The molecule has 0 aliphatic carbocycles. The molecule has 138 valence electrons. The van der Waals surface area contributed by atoms with E-state index in [-0.39, 0.29) is 11.6 Å². The molecule has 2 heterocycles. The highest BCUT2D eigenvalue weighted by Crippen LogP contribution is 2.24. The number of nitrogens with zero attached hydrogens (tertiary/aromatic N) is 2. The van der Waals surface area contributed by atoms with Gasteiger partial charge >= 0.3 is 6.09 Å². The van der Waals surface area contributed by atoms with Crippen LogP contribution in [0.1, 0.15) is 32.3 Å². The minimum Gasteiger partial charge on any atom is -0.445 e. The van der Waals surface area contributed by atoms with Gasteiger partial charge in [0.15, 0.2) is 0 Å². The van der Waals surface area contributed by atoms with Crippen molar-refractivity contribution in [3.63, 3.8) is 0 Å². The fourth-order valence-corrected chi connectivity index (χ4v) is 3.78. The molecule has 5 nitrogen and oxygen atoms in total. The molecule has 2 saturated heterocycles. The quantitative estimate of drug-likeness (QED) is 0.911. The molecule has 25 heavy (non-hydrogen) atoms. The maximum atomic E-state index is 12.3. The van der Waals surface area contributed by atoms with Crippen molar-refractivity contribution in [2.45, 2.75) is 38.8 Å². The molecular weight excluding hydrogens is 314 g/mol. The van der Waals surface area contributed by atoms with Gasteiger partial charge in [-0.05, 0) is 38.2 Å². The zero-order chi connectivity index (χ0) is 17.7. The van der Waals surface area contributed by atoms with Gasteiger partial charge in [0.1, 0.15) is 6.61 Å². The number of piperidine rings is 1. The first-order valence-electron chi connectivity index (χ1n) is 9.46. The highest BCUT2D eigenvalue weighted by atomic mass is 16.6. The third-order valence-electron chi connectivity index (χ3n) is 5.53. The van der Waals surface area contributed by atoms with Crippen molar-refractivity contribution in [1.29, 1.82) is 0 Å². The van der Waals surface area contributed by atoms with Crippen LogP contribution in [0, 0.1) is 5.92 Å². The lowest BCUT2D eigenvalue weighted by Crippen LogP contribution is -2.59. The van der Waals surface area contributed by atoms with Crippen molar-refractivity contribution in [3.8, 4) is 0 Å². The second-order valence-electron chi connectivity index (χ2n) is 7.91. The number of nitrogens with one attached hydrogen (secondary N) is 1. The summed E-state index contributed by atoms with van der Waals surface area (Å²) in [6.07, 6.45) is 1.96. The Kier molecular flexibility index (Phi) is 5.97. The summed E-state index contributed by atoms with van der Waals surface area (Å²) in [4.78, 5) is 16.7. The summed E-state index contributed by atoms with van der Waals surface area (Å²) in [5.41, 5.74) is 1.26. The third kappa shape index (κ3) is 4.95. The molecule has 1 N–H and O–H groups in total. The number of carbonyl (C=O) groups excluding carboxylic acids is 1. The predicted octanol–water partition coefficient (Wildman–Crippen LogP) is 2.72. The van der Waals surface area contributed by atoms with Crippen LogP contribution < -0.4 is 5.32 Å². The standard InChI is InChI=1S/C20H31N3O2/c1-20(2)16-21-10-13-23(20)14-17-8-11-22(12-9-17)19(24)25-15-18-6-4-3-5-7-18/h3-7,17,21H,8-16H2,1-2H3. The number of piperazine rings is 1. The van der Waals surface area contributed by atoms with Crippen LogP contribution in [0.3, 0.4) is 0 Å². The summed E-state index contributed by atoms with van der Waals surface area (Å²) >= 11 is 0. The van der Waals surface area contributed by atoms with Gasteiger partial charge in [-0.2, -0.15) is 0 Å². The average Bonchev–Trinajstić information content (AvgIpc) is 2.63. The minimum absolute atomic E-state index is 0.176. The van der Waals surface area contributed by atoms with Crippen molar-refractivity contribution in [1.82, 2.24) is 15.1 Å². The molecule has 0 saturated carbocycles. The summed E-state index contributed by atoms with van der Waals surface area (Å²) in [5.74, 6) is 0.676. The summed E-state index contributed by atoms with van der Waals surface area (Å²) in [7, 11) is 0. The van der Waals surface area contributed by atoms with E-state index < -0.39 is 0 Å². The van der Waals surface area contributed by atoms with Crippen LogP contribution in [-0.4, -0.2) is 60.7 Å². The van der Waals surface area contributed by atoms with Crippen LogP contribution in [0.5, 0.6) is 0 Å². The number of amides is 1. The van der Waals surface area contributed by atoms with Gasteiger partial charge in [-0.1, -0.05) is 30.3 Å². The Morgan fingerprint density at radius 2 is 1.92 bits per heavy atom. The fourth-order valence-electron chi connectivity index (χ4n) is 3.78. The largest absolute Gasteiger partial charge is 0.445 e. The first-order chi connectivity index (χ1) is 12.0. The van der Waals surface area contributed by atoms with E-state index in [0.29, 0.717) is 12.5 Å². The van der Waals surface area contributed by atoms with Crippen molar-refractivity contribution in [3.05, 3.63) is 35.9 Å². The zero-order valence-electron chi connectivity index (χ0n) is 15.5. The van der Waals surface area contributed by atoms with Gasteiger partial charge in [-0.25, -0.2) is 4.79 Å². The number of rotatable bonds is 4. The van der Waals surface area contributed by atoms with E-state index in [9.17, 15) is 4.79 Å². The third-order valence-corrected chi connectivity index (χ3v) is 5.53. The Bertz CT molecular complexity index is 553. The molecule has 2 aliphatic rings. The summed E-state index contributed by atoms with van der Waals surface area (Å²) in [5, 5.41) is 3.48. The number of carbonyl (C=O) groups is 1. The van der Waals surface area contributed by atoms with Crippen LogP contribution in [0.4, 0.5) is 4.79 Å². The molecule has 5 heteroatoms. The number of hydrogen-bond acceptors (Lipinski definition) is 4. The lowest BCUT2D eigenvalue weighted by atomic mass is 9.92. The Morgan fingerprint density at radius 3 is 2.60 bits per heavy atom. The molecule has 1 aromatic carbocycles. The number of likely N-dealkylation sites (tertiary alicyclic amines) is 1. The van der Waals surface area contributed by atoms with Crippen LogP contribution >= 0.6 is 0 Å². The Morgan fingerprint density at radius 1 is 1.20 bits per heavy atom. The molecule has 2 aliphatic heterocycles. The van der Waals surface area contributed by atoms with Gasteiger partial charge < -0.3 is 15.0 Å². The molecule has 1 aromatic rings. The number of hydrogen-bond donors (Lipinski definition) is 1. The molecule has 0 spiro atoms. The number of ether oxygens (including phenoxy) is 1. The van der Waals surface area contributed by atoms with Crippen molar-refractivity contribution in [2.75, 3.05) is 39.3 Å². The molecule has 3 rings (SSSR count). The Hall–Kier alpha value is -1.59. The van der Waals surface area contributed by atoms with Crippen molar-refractivity contribution in [2.24, 2.45) is 5.92 Å². The lowest BCUT2D eigenvalue weighted by Gasteiger charge is -2.45. The van der Waals surface area contributed by atoms with E-state index in [1.807, 2.05) is 35.2 Å². The first-order valence-corrected chi connectivity index (χ1v) is 9.46. The van der Waals surface area contributed by atoms with E-state index in [0.717, 1.165) is 57.7 Å². The molecule has 0 aromatic heterocycles. The summed E-state index contributed by atoms with van der Waals surface area (Å²) in [6, 6.07) is 9.86. The molecule has 0 atom stereocenters. The molecule has 0 radical (unpaired) electrons. The average molecular weight is 345 g/mol. The zero-order valence-corrected chi connectivity index (χ0v) is 15.5. The topological polar surface area (TPSA) is 44.8 Å². The van der Waals surface area contributed by atoms with Gasteiger partial charge in [-0.3, -0.25) is 4.90 Å². The second-order valence-corrected chi connectivity index (χ2v) is 7.91. The van der Waals surface area contributed by atoms with E-state index in [4.69, 9.17) is 4.74 Å². The van der Waals surface area contributed by atoms with Crippen LogP contribution in [0.2, 0.25) is 0 Å². The maximum absolute atomic E-state index is 12.3. The van der Waals surface area contributed by atoms with E-state index in [2.05, 4.69) is 24.1 Å². The molecule has 0 unspecified atom stereocenters. The normalized spacial score (nSPS) is 21.9. The van der Waals surface area contributed by atoms with E-state index >= 15 is 0 Å². The summed E-state index contributed by atoms with van der Waals surface area (Å²) < 4.78 is 5.45. The van der Waals surface area contributed by atoms with Gasteiger partial charge in [0, 0.05) is 44.8 Å². The van der Waals surface area contributed by atoms with E-state index in [1.165, 1.54) is 0 Å². The molecular formula is C20H31N3O2. The van der Waals surface area contributed by atoms with Crippen molar-refractivity contribution < 1.29 is 9.53 Å². The second kappa shape index (κ2) is 8.19. The van der Waals surface area contributed by atoms with Gasteiger partial charge in [0.2, 0.25) is 0 Å². The Labute approximate surface area is 151 Å². The van der Waals surface area contributed by atoms with E-state index in [1.54, 1.807) is 0 Å². The van der Waals surface area contributed by atoms with Crippen LogP contribution in [0.25, 0.3) is 0 Å². The van der Waals surface area contributed by atoms with Crippen molar-refractivity contribution >= 4 is 6.09 Å². The molecule has 2 fully saturated rings. The van der Waals surface area contributed by atoms with Gasteiger partial charge in [-0.15, -0.1) is 0 Å². The van der Waals surface area contributed by atoms with Gasteiger partial charge in [0.25, 0.3) is 0 Å². The number of benzene rings is 1. The first kappa shape index (κ1) is 18.2. The molecule has 0 bridgehead atoms. The highest BCUT2D eigenvalue weighted by molar-refractivity contribution is 5.67. The van der Waals surface area contributed by atoms with Gasteiger partial charge in [0.05, 0.1) is 0 Å². The lowest BCUT2D eigenvalue weighted by molar-refractivity contribution is 0.0478. The fraction of sp³-hybridized carbons (Fsp3) is 0.650. The van der Waals surface area contributed by atoms with Crippen LogP contribution in [-0.2, 0) is 11.3 Å². The maximum Gasteiger partial charge on any atom is 0.410 e. The summed E-state index contributed by atoms with van der Waals surface area (Å²) in [6.45, 7) is 11.0. The molecule has 1 amide bonds. The highest BCUT2D eigenvalue weighted by Gasteiger charge is 2.32.